The highest BCUT2D eigenvalue weighted by Crippen LogP contribution is 2.33. The molecule has 5 heteroatoms. The first-order valence-corrected chi connectivity index (χ1v) is 4.80. The Morgan fingerprint density at radius 2 is 2.23 bits per heavy atom. The Kier molecular flexibility index (Phi) is 1.88. The van der Waals surface area contributed by atoms with Crippen molar-refractivity contribution in [3.8, 4) is 0 Å². The van der Waals surface area contributed by atoms with Gasteiger partial charge in [-0.15, -0.1) is 0 Å². The Bertz CT molecular complexity index is 383. The molecule has 4 nitrogen and oxygen atoms in total. The van der Waals surface area contributed by atoms with E-state index in [0.29, 0.717) is 12.0 Å². The number of Topliss-reactive ketones (excluding diaryl/α,β-unsaturated/α-hetero) is 1. The van der Waals surface area contributed by atoms with Gasteiger partial charge in [-0.25, -0.2) is 0 Å². The maximum Gasteiger partial charge on any atom is 0.325 e. The lowest BCUT2D eigenvalue weighted by Crippen LogP contribution is -2.06. The molecule has 0 aromatic carbocycles. The van der Waals surface area contributed by atoms with Crippen molar-refractivity contribution >= 4 is 22.1 Å². The zero-order valence-corrected chi connectivity index (χ0v) is 7.60. The average Bonchev–Trinajstić information content (AvgIpc) is 2.49. The SMILES string of the molecule is O=C1CCCc2sc([N+](=O)[O-])cc21. The lowest BCUT2D eigenvalue weighted by molar-refractivity contribution is -0.380. The van der Waals surface area contributed by atoms with Crippen LogP contribution in [-0.4, -0.2) is 10.7 Å². The third-order valence-corrected chi connectivity index (χ3v) is 3.23. The van der Waals surface area contributed by atoms with Crippen LogP contribution in [-0.2, 0) is 6.42 Å². The summed E-state index contributed by atoms with van der Waals surface area (Å²) in [5.41, 5.74) is 0.572. The first kappa shape index (κ1) is 8.37. The Balaban J connectivity index is 2.48. The Hall–Kier alpha value is -1.23. The highest BCUT2D eigenvalue weighted by atomic mass is 32.1. The molecular formula is C8H7NO3S. The Labute approximate surface area is 78.3 Å². The van der Waals surface area contributed by atoms with E-state index in [-0.39, 0.29) is 10.8 Å². The maximum absolute atomic E-state index is 11.3. The molecule has 1 heterocycles. The van der Waals surface area contributed by atoms with Crippen LogP contribution in [0.2, 0.25) is 0 Å². The summed E-state index contributed by atoms with van der Waals surface area (Å²) in [6, 6.07) is 1.40. The van der Waals surface area contributed by atoms with Gasteiger partial charge in [0.25, 0.3) is 0 Å². The molecule has 0 atom stereocenters. The second kappa shape index (κ2) is 2.92. The molecule has 1 aliphatic rings. The van der Waals surface area contributed by atoms with Crippen molar-refractivity contribution < 1.29 is 9.72 Å². The topological polar surface area (TPSA) is 60.2 Å². The average molecular weight is 197 g/mol. The van der Waals surface area contributed by atoms with Crippen LogP contribution in [0.15, 0.2) is 6.07 Å². The summed E-state index contributed by atoms with van der Waals surface area (Å²) in [6.45, 7) is 0. The molecule has 0 N–H and O–H groups in total. The van der Waals surface area contributed by atoms with Crippen LogP contribution in [0.1, 0.15) is 28.1 Å². The first-order valence-electron chi connectivity index (χ1n) is 3.99. The van der Waals surface area contributed by atoms with Crippen molar-refractivity contribution in [3.05, 3.63) is 26.6 Å². The molecule has 0 bridgehead atoms. The number of carbonyl (C=O) groups is 1. The molecule has 1 aliphatic carbocycles. The summed E-state index contributed by atoms with van der Waals surface area (Å²) < 4.78 is 0. The van der Waals surface area contributed by atoms with Crippen molar-refractivity contribution in [2.45, 2.75) is 19.3 Å². The van der Waals surface area contributed by atoms with E-state index in [2.05, 4.69) is 0 Å². The Morgan fingerprint density at radius 3 is 2.85 bits per heavy atom. The number of ketones is 1. The molecule has 0 fully saturated rings. The molecule has 0 unspecified atom stereocenters. The fraction of sp³-hybridized carbons (Fsp3) is 0.375. The monoisotopic (exact) mass is 197 g/mol. The number of hydrogen-bond donors (Lipinski definition) is 0. The molecule has 0 radical (unpaired) electrons. The number of carbonyl (C=O) groups excluding carboxylic acids is 1. The van der Waals surface area contributed by atoms with Gasteiger partial charge < -0.3 is 0 Å². The number of hydrogen-bond acceptors (Lipinski definition) is 4. The van der Waals surface area contributed by atoms with Crippen molar-refractivity contribution in [2.75, 3.05) is 0 Å². The van der Waals surface area contributed by atoms with Crippen molar-refractivity contribution in [1.82, 2.24) is 0 Å². The first-order chi connectivity index (χ1) is 6.18. The second-order valence-corrected chi connectivity index (χ2v) is 4.07. The van der Waals surface area contributed by atoms with Gasteiger partial charge in [-0.3, -0.25) is 14.9 Å². The van der Waals surface area contributed by atoms with Crippen LogP contribution in [0.25, 0.3) is 0 Å². The fourth-order valence-corrected chi connectivity index (χ4v) is 2.50. The maximum atomic E-state index is 11.3. The summed E-state index contributed by atoms with van der Waals surface area (Å²) in [5, 5.41) is 10.5. The molecule has 0 spiro atoms. The van der Waals surface area contributed by atoms with E-state index in [9.17, 15) is 14.9 Å². The number of thiophene rings is 1. The zero-order chi connectivity index (χ0) is 9.42. The molecule has 0 saturated heterocycles. The highest BCUT2D eigenvalue weighted by Gasteiger charge is 2.24. The van der Waals surface area contributed by atoms with E-state index in [1.165, 1.54) is 6.07 Å². The normalized spacial score (nSPS) is 15.5. The Morgan fingerprint density at radius 1 is 1.46 bits per heavy atom. The van der Waals surface area contributed by atoms with Crippen molar-refractivity contribution in [3.63, 3.8) is 0 Å². The predicted molar refractivity (Wildman–Crippen MR) is 48.2 cm³/mol. The largest absolute Gasteiger partial charge is 0.325 e. The summed E-state index contributed by atoms with van der Waals surface area (Å²) in [4.78, 5) is 22.2. The van der Waals surface area contributed by atoms with E-state index >= 15 is 0 Å². The zero-order valence-electron chi connectivity index (χ0n) is 6.78. The van der Waals surface area contributed by atoms with Gasteiger partial charge in [-0.1, -0.05) is 11.3 Å². The minimum absolute atomic E-state index is 0.0469. The van der Waals surface area contributed by atoms with Gasteiger partial charge in [0.1, 0.15) is 0 Å². The summed E-state index contributed by atoms with van der Waals surface area (Å²) in [7, 11) is 0. The van der Waals surface area contributed by atoms with Gasteiger partial charge >= 0.3 is 5.00 Å². The van der Waals surface area contributed by atoms with Crippen LogP contribution in [0.4, 0.5) is 5.00 Å². The smallest absolute Gasteiger partial charge is 0.294 e. The molecule has 13 heavy (non-hydrogen) atoms. The van der Waals surface area contributed by atoms with Crippen LogP contribution in [0.5, 0.6) is 0 Å². The van der Waals surface area contributed by atoms with Crippen molar-refractivity contribution in [2.24, 2.45) is 0 Å². The summed E-state index contributed by atoms with van der Waals surface area (Å²) >= 11 is 1.13. The number of nitro groups is 1. The van der Waals surface area contributed by atoms with Gasteiger partial charge in [0.15, 0.2) is 5.78 Å². The fourth-order valence-electron chi connectivity index (χ4n) is 1.47. The number of rotatable bonds is 1. The quantitative estimate of drug-likeness (QED) is 0.512. The standard InChI is InChI=1S/C8H7NO3S/c10-6-2-1-3-7-5(6)4-8(13-7)9(11)12/h4H,1-3H2. The molecular weight excluding hydrogens is 190 g/mol. The second-order valence-electron chi connectivity index (χ2n) is 2.96. The molecule has 68 valence electrons. The number of aryl methyl sites for hydroxylation is 1. The van der Waals surface area contributed by atoms with E-state index in [1.54, 1.807) is 0 Å². The summed E-state index contributed by atoms with van der Waals surface area (Å²) in [5.74, 6) is 0.0469. The van der Waals surface area contributed by atoms with Crippen LogP contribution in [0.3, 0.4) is 0 Å². The molecule has 0 saturated carbocycles. The lowest BCUT2D eigenvalue weighted by atomic mass is 9.98. The van der Waals surface area contributed by atoms with E-state index in [0.717, 1.165) is 29.1 Å². The molecule has 1 aromatic rings. The van der Waals surface area contributed by atoms with E-state index in [1.807, 2.05) is 0 Å². The minimum atomic E-state index is -0.434. The predicted octanol–water partition coefficient (Wildman–Crippen LogP) is 2.18. The molecule has 2 rings (SSSR count). The van der Waals surface area contributed by atoms with Crippen LogP contribution < -0.4 is 0 Å². The number of nitrogens with zero attached hydrogens (tertiary/aromatic N) is 1. The molecule has 0 aliphatic heterocycles. The van der Waals surface area contributed by atoms with Gasteiger partial charge in [-0.05, 0) is 12.8 Å². The third-order valence-electron chi connectivity index (χ3n) is 2.08. The van der Waals surface area contributed by atoms with Gasteiger partial charge in [0.05, 0.1) is 4.92 Å². The molecule has 0 amide bonds. The van der Waals surface area contributed by atoms with Gasteiger partial charge in [0.2, 0.25) is 0 Å². The molecule has 1 aromatic heterocycles. The highest BCUT2D eigenvalue weighted by molar-refractivity contribution is 7.15. The van der Waals surface area contributed by atoms with E-state index < -0.39 is 4.92 Å². The third kappa shape index (κ3) is 1.35. The van der Waals surface area contributed by atoms with Crippen LogP contribution in [0, 0.1) is 10.1 Å². The number of fused-ring (bicyclic) bond motifs is 1. The van der Waals surface area contributed by atoms with Gasteiger partial charge in [0, 0.05) is 22.9 Å². The van der Waals surface area contributed by atoms with E-state index in [4.69, 9.17) is 0 Å². The minimum Gasteiger partial charge on any atom is -0.294 e. The lowest BCUT2D eigenvalue weighted by Gasteiger charge is -2.07. The van der Waals surface area contributed by atoms with Crippen LogP contribution >= 0.6 is 11.3 Å². The van der Waals surface area contributed by atoms with Gasteiger partial charge in [-0.2, -0.15) is 0 Å². The summed E-state index contributed by atoms with van der Waals surface area (Å²) in [6.07, 6.45) is 2.16. The van der Waals surface area contributed by atoms with Crippen molar-refractivity contribution in [1.29, 1.82) is 0 Å².